The maximum atomic E-state index is 12.7. The number of carbonyl (C=O) groups excluding carboxylic acids is 1. The molecule has 0 aliphatic heterocycles. The highest BCUT2D eigenvalue weighted by Gasteiger charge is 2.24. The minimum Gasteiger partial charge on any atom is -0.295 e. The molecule has 3 aromatic rings. The van der Waals surface area contributed by atoms with Crippen LogP contribution in [0.15, 0.2) is 40.0 Å². The van der Waals surface area contributed by atoms with Crippen molar-refractivity contribution in [3.05, 3.63) is 52.3 Å². The van der Waals surface area contributed by atoms with Crippen molar-refractivity contribution >= 4 is 55.6 Å². The summed E-state index contributed by atoms with van der Waals surface area (Å²) >= 11 is 8.57. The summed E-state index contributed by atoms with van der Waals surface area (Å²) < 4.78 is 26.1. The van der Waals surface area contributed by atoms with Crippen molar-refractivity contribution in [2.24, 2.45) is 0 Å². The average Bonchev–Trinajstić information content (AvgIpc) is 3.11. The number of nitrogens with zero attached hydrogens (tertiary/aromatic N) is 4. The maximum Gasteiger partial charge on any atom is 0.277 e. The van der Waals surface area contributed by atoms with E-state index in [0.717, 1.165) is 11.8 Å². The van der Waals surface area contributed by atoms with E-state index in [1.807, 2.05) is 25.3 Å². The van der Waals surface area contributed by atoms with Crippen molar-refractivity contribution in [1.82, 2.24) is 20.2 Å². The number of sulfone groups is 1. The third-order valence-electron chi connectivity index (χ3n) is 3.62. The Labute approximate surface area is 174 Å². The minimum atomic E-state index is -3.87. The van der Waals surface area contributed by atoms with Crippen LogP contribution in [0.4, 0.5) is 5.13 Å². The Hall–Kier alpha value is -2.08. The van der Waals surface area contributed by atoms with E-state index in [9.17, 15) is 13.2 Å². The van der Waals surface area contributed by atoms with Crippen LogP contribution in [0.3, 0.4) is 0 Å². The fourth-order valence-electron chi connectivity index (χ4n) is 2.20. The van der Waals surface area contributed by atoms with Gasteiger partial charge < -0.3 is 0 Å². The van der Waals surface area contributed by atoms with Crippen molar-refractivity contribution in [3.8, 4) is 0 Å². The van der Waals surface area contributed by atoms with Gasteiger partial charge in [0, 0.05) is 0 Å². The Morgan fingerprint density at radius 1 is 1.29 bits per heavy atom. The SMILES string of the molecule is CSc1nnc(NC(=O)c2nc(S(=O)(=O)Cc3ccccc3C)ncc2Cl)s1. The molecule has 8 nitrogen and oxygen atoms in total. The Morgan fingerprint density at radius 2 is 2.04 bits per heavy atom. The van der Waals surface area contributed by atoms with E-state index in [4.69, 9.17) is 11.6 Å². The van der Waals surface area contributed by atoms with Crippen molar-refractivity contribution in [2.45, 2.75) is 22.2 Å². The lowest BCUT2D eigenvalue weighted by Crippen LogP contribution is -2.18. The van der Waals surface area contributed by atoms with Crippen molar-refractivity contribution in [3.63, 3.8) is 0 Å². The fourth-order valence-corrected chi connectivity index (χ4v) is 4.85. The summed E-state index contributed by atoms with van der Waals surface area (Å²) in [6, 6.07) is 7.11. The highest BCUT2D eigenvalue weighted by molar-refractivity contribution is 8.00. The van der Waals surface area contributed by atoms with E-state index in [0.29, 0.717) is 9.90 Å². The number of halogens is 1. The third-order valence-corrected chi connectivity index (χ3v) is 7.16. The fraction of sp³-hybridized carbons (Fsp3) is 0.188. The van der Waals surface area contributed by atoms with E-state index in [-0.39, 0.29) is 21.6 Å². The highest BCUT2D eigenvalue weighted by atomic mass is 35.5. The van der Waals surface area contributed by atoms with Crippen LogP contribution in [0, 0.1) is 6.92 Å². The zero-order chi connectivity index (χ0) is 20.3. The van der Waals surface area contributed by atoms with Gasteiger partial charge in [-0.1, -0.05) is 59.0 Å². The Bertz CT molecular complexity index is 1130. The average molecular weight is 456 g/mol. The van der Waals surface area contributed by atoms with Crippen LogP contribution in [0.5, 0.6) is 0 Å². The zero-order valence-corrected chi connectivity index (χ0v) is 17.9. The molecule has 28 heavy (non-hydrogen) atoms. The summed E-state index contributed by atoms with van der Waals surface area (Å²) in [5, 5.41) is 9.94. The van der Waals surface area contributed by atoms with Gasteiger partial charge in [0.05, 0.1) is 17.0 Å². The number of hydrogen-bond acceptors (Lipinski definition) is 9. The smallest absolute Gasteiger partial charge is 0.277 e. The summed E-state index contributed by atoms with van der Waals surface area (Å²) in [5.41, 5.74) is 1.21. The summed E-state index contributed by atoms with van der Waals surface area (Å²) in [6.07, 6.45) is 2.93. The lowest BCUT2D eigenvalue weighted by atomic mass is 10.1. The molecule has 0 aliphatic rings. The molecule has 0 spiro atoms. The molecule has 0 fully saturated rings. The van der Waals surface area contributed by atoms with Crippen LogP contribution in [0.1, 0.15) is 21.6 Å². The second-order valence-electron chi connectivity index (χ2n) is 5.57. The first kappa shape index (κ1) is 20.6. The van der Waals surface area contributed by atoms with Crippen LogP contribution in [-0.4, -0.2) is 40.7 Å². The van der Waals surface area contributed by atoms with Gasteiger partial charge in [-0.15, -0.1) is 10.2 Å². The number of hydrogen-bond donors (Lipinski definition) is 1. The first-order chi connectivity index (χ1) is 13.3. The van der Waals surface area contributed by atoms with Gasteiger partial charge in [0.1, 0.15) is 0 Å². The summed E-state index contributed by atoms with van der Waals surface area (Å²) in [7, 11) is -3.87. The Morgan fingerprint density at radius 3 is 2.71 bits per heavy atom. The van der Waals surface area contributed by atoms with Gasteiger partial charge in [-0.05, 0) is 24.3 Å². The van der Waals surface area contributed by atoms with E-state index < -0.39 is 20.9 Å². The molecular formula is C16H14ClN5O3S3. The molecule has 2 aromatic heterocycles. The molecule has 0 radical (unpaired) electrons. The van der Waals surface area contributed by atoms with Gasteiger partial charge in [-0.3, -0.25) is 10.1 Å². The van der Waals surface area contributed by atoms with Crippen molar-refractivity contribution in [2.75, 3.05) is 11.6 Å². The molecule has 1 N–H and O–H groups in total. The minimum absolute atomic E-state index is 0.0676. The molecule has 3 rings (SSSR count). The van der Waals surface area contributed by atoms with E-state index in [2.05, 4.69) is 25.5 Å². The van der Waals surface area contributed by atoms with E-state index in [1.165, 1.54) is 23.1 Å². The lowest BCUT2D eigenvalue weighted by Gasteiger charge is -2.08. The van der Waals surface area contributed by atoms with Crippen LogP contribution in [-0.2, 0) is 15.6 Å². The summed E-state index contributed by atoms with van der Waals surface area (Å²) in [5.74, 6) is -0.973. The molecule has 0 saturated carbocycles. The molecule has 1 aromatic carbocycles. The number of anilines is 1. The normalized spacial score (nSPS) is 11.4. The highest BCUT2D eigenvalue weighted by Crippen LogP contribution is 2.24. The van der Waals surface area contributed by atoms with Gasteiger partial charge in [-0.2, -0.15) is 0 Å². The number of nitrogens with one attached hydrogen (secondary N) is 1. The number of aromatic nitrogens is 4. The van der Waals surface area contributed by atoms with Gasteiger partial charge in [0.2, 0.25) is 20.1 Å². The number of amides is 1. The predicted molar refractivity (Wildman–Crippen MR) is 109 cm³/mol. The van der Waals surface area contributed by atoms with Gasteiger partial charge in [0.15, 0.2) is 10.0 Å². The third kappa shape index (κ3) is 4.66. The van der Waals surface area contributed by atoms with E-state index >= 15 is 0 Å². The Balaban J connectivity index is 1.87. The van der Waals surface area contributed by atoms with Crippen molar-refractivity contribution < 1.29 is 13.2 Å². The molecular weight excluding hydrogens is 442 g/mol. The van der Waals surface area contributed by atoms with Gasteiger partial charge >= 0.3 is 0 Å². The molecule has 12 heteroatoms. The first-order valence-corrected chi connectivity index (χ1v) is 11.9. The largest absolute Gasteiger partial charge is 0.295 e. The molecule has 146 valence electrons. The number of rotatable bonds is 6. The molecule has 0 saturated heterocycles. The predicted octanol–water partition coefficient (Wildman–Crippen LogP) is 3.24. The molecule has 1 amide bonds. The summed E-state index contributed by atoms with van der Waals surface area (Å²) in [4.78, 5) is 20.2. The van der Waals surface area contributed by atoms with Gasteiger partial charge in [-0.25, -0.2) is 18.4 Å². The summed E-state index contributed by atoms with van der Waals surface area (Å²) in [6.45, 7) is 1.82. The van der Waals surface area contributed by atoms with Crippen LogP contribution < -0.4 is 5.32 Å². The molecule has 0 atom stereocenters. The second kappa shape index (κ2) is 8.52. The van der Waals surface area contributed by atoms with Crippen LogP contribution in [0.2, 0.25) is 5.02 Å². The zero-order valence-electron chi connectivity index (χ0n) is 14.7. The number of aryl methyl sites for hydroxylation is 1. The quantitative estimate of drug-likeness (QED) is 0.342. The monoisotopic (exact) mass is 455 g/mol. The van der Waals surface area contributed by atoms with E-state index in [1.54, 1.807) is 12.1 Å². The topological polar surface area (TPSA) is 115 Å². The van der Waals surface area contributed by atoms with Crippen molar-refractivity contribution in [1.29, 1.82) is 0 Å². The second-order valence-corrected chi connectivity index (χ2v) is 9.89. The number of thioether (sulfide) groups is 1. The van der Waals surface area contributed by atoms with Crippen LogP contribution >= 0.6 is 34.7 Å². The first-order valence-electron chi connectivity index (χ1n) is 7.79. The molecule has 0 aliphatic carbocycles. The van der Waals surface area contributed by atoms with Gasteiger partial charge in [0.25, 0.3) is 5.91 Å². The number of benzene rings is 1. The lowest BCUT2D eigenvalue weighted by molar-refractivity contribution is 0.102. The Kier molecular flexibility index (Phi) is 6.28. The van der Waals surface area contributed by atoms with Crippen LogP contribution in [0.25, 0.3) is 0 Å². The molecule has 2 heterocycles. The molecule has 0 unspecified atom stereocenters. The molecule has 0 bridgehead atoms. The standard InChI is InChI=1S/C16H14ClN5O3S3/c1-9-5-3-4-6-10(9)8-28(24,25)15-18-7-11(17)12(19-15)13(23)20-14-21-22-16(26-2)27-14/h3-7H,8H2,1-2H3,(H,20,21,23). The number of carbonyl (C=O) groups is 1. The maximum absolute atomic E-state index is 12.7.